The lowest BCUT2D eigenvalue weighted by Crippen LogP contribution is -1.93. The van der Waals surface area contributed by atoms with E-state index in [-0.39, 0.29) is 0 Å². The molecule has 0 N–H and O–H groups in total. The van der Waals surface area contributed by atoms with E-state index in [4.69, 9.17) is 4.74 Å². The van der Waals surface area contributed by atoms with E-state index in [0.29, 0.717) is 0 Å². The Morgan fingerprint density at radius 1 is 0.341 bits per heavy atom. The zero-order valence-corrected chi connectivity index (χ0v) is 24.3. The minimum atomic E-state index is 0.856. The molecule has 9 rings (SSSR count). The van der Waals surface area contributed by atoms with Gasteiger partial charge < -0.3 is 4.74 Å². The van der Waals surface area contributed by atoms with Crippen molar-refractivity contribution in [3.05, 3.63) is 152 Å². The molecular formula is C43H28O. The van der Waals surface area contributed by atoms with Crippen molar-refractivity contribution in [1.29, 1.82) is 0 Å². The second-order valence-electron chi connectivity index (χ2n) is 11.7. The SMILES string of the molecule is COc1ccc2c(-c3ccc4ccccc4c3)c3ccc4ccccc4c3c(-c3ccc4c(ccc5ccccc54)c3)c2c1. The summed E-state index contributed by atoms with van der Waals surface area (Å²) in [6, 6.07) is 55.5. The van der Waals surface area contributed by atoms with Gasteiger partial charge in [-0.25, -0.2) is 0 Å². The Morgan fingerprint density at radius 2 is 0.886 bits per heavy atom. The van der Waals surface area contributed by atoms with Crippen molar-refractivity contribution in [2.24, 2.45) is 0 Å². The third-order valence-electron chi connectivity index (χ3n) is 9.29. The first-order chi connectivity index (χ1) is 21.8. The van der Waals surface area contributed by atoms with Gasteiger partial charge in [-0.2, -0.15) is 0 Å². The van der Waals surface area contributed by atoms with E-state index in [1.807, 2.05) is 0 Å². The third kappa shape index (κ3) is 3.73. The lowest BCUT2D eigenvalue weighted by atomic mass is 9.83. The van der Waals surface area contributed by atoms with Crippen LogP contribution in [0.25, 0.3) is 86.9 Å². The Bertz CT molecular complexity index is 2590. The van der Waals surface area contributed by atoms with Crippen LogP contribution in [-0.4, -0.2) is 7.11 Å². The first-order valence-corrected chi connectivity index (χ1v) is 15.1. The predicted molar refractivity (Wildman–Crippen MR) is 189 cm³/mol. The number of ether oxygens (including phenoxy) is 1. The largest absolute Gasteiger partial charge is 0.497 e. The van der Waals surface area contributed by atoms with E-state index in [0.717, 1.165) is 5.75 Å². The molecule has 0 radical (unpaired) electrons. The summed E-state index contributed by atoms with van der Waals surface area (Å²) >= 11 is 0. The normalized spacial score (nSPS) is 11.8. The summed E-state index contributed by atoms with van der Waals surface area (Å²) < 4.78 is 5.83. The zero-order valence-electron chi connectivity index (χ0n) is 24.3. The summed E-state index contributed by atoms with van der Waals surface area (Å²) in [6.07, 6.45) is 0. The van der Waals surface area contributed by atoms with Crippen molar-refractivity contribution < 1.29 is 4.74 Å². The van der Waals surface area contributed by atoms with Crippen molar-refractivity contribution in [3.63, 3.8) is 0 Å². The molecule has 0 saturated carbocycles. The van der Waals surface area contributed by atoms with E-state index in [1.165, 1.54) is 86.9 Å². The molecule has 0 atom stereocenters. The van der Waals surface area contributed by atoms with Crippen LogP contribution in [0.4, 0.5) is 0 Å². The van der Waals surface area contributed by atoms with E-state index in [1.54, 1.807) is 7.11 Å². The minimum absolute atomic E-state index is 0.856. The maximum atomic E-state index is 5.83. The van der Waals surface area contributed by atoms with Crippen LogP contribution in [0.15, 0.2) is 152 Å². The molecule has 0 aromatic heterocycles. The molecule has 0 spiro atoms. The number of methoxy groups -OCH3 is 1. The van der Waals surface area contributed by atoms with Crippen LogP contribution < -0.4 is 4.74 Å². The summed E-state index contributed by atoms with van der Waals surface area (Å²) in [6.45, 7) is 0. The Morgan fingerprint density at radius 3 is 1.73 bits per heavy atom. The maximum absolute atomic E-state index is 5.83. The van der Waals surface area contributed by atoms with Crippen LogP contribution in [0.2, 0.25) is 0 Å². The van der Waals surface area contributed by atoms with Crippen molar-refractivity contribution in [3.8, 4) is 28.0 Å². The van der Waals surface area contributed by atoms with Crippen molar-refractivity contribution in [2.75, 3.05) is 7.11 Å². The van der Waals surface area contributed by atoms with Crippen LogP contribution >= 0.6 is 0 Å². The van der Waals surface area contributed by atoms with Crippen molar-refractivity contribution in [2.45, 2.75) is 0 Å². The second-order valence-corrected chi connectivity index (χ2v) is 11.7. The van der Waals surface area contributed by atoms with Gasteiger partial charge >= 0.3 is 0 Å². The Balaban J connectivity index is 1.46. The standard InChI is InChI=1S/C43H28O/c1-44-34-20-23-38-40(26-34)42(33-19-21-36-31(25-33)16-15-28-9-4-6-12-35(28)36)43-37-13-7-5-10-29(37)18-22-39(43)41(38)32-17-14-27-8-2-3-11-30(27)24-32/h2-26H,1H3. The van der Waals surface area contributed by atoms with Gasteiger partial charge in [-0.05, 0) is 111 Å². The van der Waals surface area contributed by atoms with Gasteiger partial charge in [0.15, 0.2) is 0 Å². The van der Waals surface area contributed by atoms with E-state index in [9.17, 15) is 0 Å². The van der Waals surface area contributed by atoms with E-state index < -0.39 is 0 Å². The van der Waals surface area contributed by atoms with Gasteiger partial charge in [-0.15, -0.1) is 0 Å². The van der Waals surface area contributed by atoms with Gasteiger partial charge in [0.25, 0.3) is 0 Å². The molecule has 206 valence electrons. The van der Waals surface area contributed by atoms with Gasteiger partial charge in [0, 0.05) is 0 Å². The smallest absolute Gasteiger partial charge is 0.119 e. The van der Waals surface area contributed by atoms with Crippen LogP contribution in [0, 0.1) is 0 Å². The molecule has 0 aliphatic carbocycles. The number of benzene rings is 9. The lowest BCUT2D eigenvalue weighted by molar-refractivity contribution is 0.415. The fraction of sp³-hybridized carbons (Fsp3) is 0.0233. The summed E-state index contributed by atoms with van der Waals surface area (Å²) in [4.78, 5) is 0. The highest BCUT2D eigenvalue weighted by Crippen LogP contribution is 2.48. The fourth-order valence-corrected chi connectivity index (χ4v) is 7.23. The molecular weight excluding hydrogens is 532 g/mol. The molecule has 9 aromatic rings. The fourth-order valence-electron chi connectivity index (χ4n) is 7.23. The zero-order chi connectivity index (χ0) is 29.2. The molecule has 0 unspecified atom stereocenters. The van der Waals surface area contributed by atoms with Gasteiger partial charge in [-0.3, -0.25) is 0 Å². The van der Waals surface area contributed by atoms with Crippen LogP contribution in [0.5, 0.6) is 5.75 Å². The molecule has 1 heteroatoms. The van der Waals surface area contributed by atoms with Crippen LogP contribution in [-0.2, 0) is 0 Å². The summed E-state index contributed by atoms with van der Waals surface area (Å²) in [5.74, 6) is 0.856. The molecule has 0 bridgehead atoms. The number of fused-ring (bicyclic) bond motifs is 8. The lowest BCUT2D eigenvalue weighted by Gasteiger charge is -2.20. The number of hydrogen-bond donors (Lipinski definition) is 0. The molecule has 0 saturated heterocycles. The van der Waals surface area contributed by atoms with Gasteiger partial charge in [0.1, 0.15) is 5.75 Å². The van der Waals surface area contributed by atoms with Crippen LogP contribution in [0.3, 0.4) is 0 Å². The topological polar surface area (TPSA) is 9.23 Å². The highest BCUT2D eigenvalue weighted by Gasteiger charge is 2.20. The first kappa shape index (κ1) is 24.9. The van der Waals surface area contributed by atoms with Gasteiger partial charge in [0.05, 0.1) is 7.11 Å². The molecule has 0 amide bonds. The van der Waals surface area contributed by atoms with Crippen molar-refractivity contribution in [1.82, 2.24) is 0 Å². The van der Waals surface area contributed by atoms with Gasteiger partial charge in [0.2, 0.25) is 0 Å². The van der Waals surface area contributed by atoms with Crippen LogP contribution in [0.1, 0.15) is 0 Å². The first-order valence-electron chi connectivity index (χ1n) is 15.1. The Kier molecular flexibility index (Phi) is 5.48. The summed E-state index contributed by atoms with van der Waals surface area (Å²) in [7, 11) is 1.75. The quantitative estimate of drug-likeness (QED) is 0.154. The molecule has 0 heterocycles. The molecule has 0 fully saturated rings. The van der Waals surface area contributed by atoms with Gasteiger partial charge in [-0.1, -0.05) is 127 Å². The molecule has 9 aromatic carbocycles. The average Bonchev–Trinajstić information content (AvgIpc) is 3.09. The maximum Gasteiger partial charge on any atom is 0.119 e. The van der Waals surface area contributed by atoms with E-state index in [2.05, 4.69) is 152 Å². The number of hydrogen-bond acceptors (Lipinski definition) is 1. The Hall–Kier alpha value is -5.66. The second kappa shape index (κ2) is 9.69. The minimum Gasteiger partial charge on any atom is -0.497 e. The van der Waals surface area contributed by atoms with E-state index >= 15 is 0 Å². The number of rotatable bonds is 3. The molecule has 0 aliphatic rings. The van der Waals surface area contributed by atoms with Crippen molar-refractivity contribution >= 4 is 64.6 Å². The summed E-state index contributed by atoms with van der Waals surface area (Å²) in [5, 5.41) is 15.0. The third-order valence-corrected chi connectivity index (χ3v) is 9.29. The Labute approximate surface area is 255 Å². The monoisotopic (exact) mass is 560 g/mol. The predicted octanol–water partition coefficient (Wildman–Crippen LogP) is 11.9. The molecule has 44 heavy (non-hydrogen) atoms. The molecule has 1 nitrogen and oxygen atoms in total. The highest BCUT2D eigenvalue weighted by atomic mass is 16.5. The molecule has 0 aliphatic heterocycles. The highest BCUT2D eigenvalue weighted by molar-refractivity contribution is 6.28. The summed E-state index contributed by atoms with van der Waals surface area (Å²) in [5.41, 5.74) is 4.92. The average molecular weight is 561 g/mol.